The summed E-state index contributed by atoms with van der Waals surface area (Å²) in [5.74, 6) is -0.0727. The van der Waals surface area contributed by atoms with Crippen molar-refractivity contribution in [3.63, 3.8) is 0 Å². The van der Waals surface area contributed by atoms with Gasteiger partial charge in [0.25, 0.3) is 5.91 Å². The maximum absolute atomic E-state index is 12.8. The number of rotatable bonds is 2. The zero-order valence-corrected chi connectivity index (χ0v) is 12.8. The minimum absolute atomic E-state index is 0.272. The van der Waals surface area contributed by atoms with Gasteiger partial charge in [0.15, 0.2) is 5.60 Å². The Balaban J connectivity index is 1.91. The molecule has 2 atom stereocenters. The number of pyridine rings is 1. The van der Waals surface area contributed by atoms with Crippen LogP contribution in [0.15, 0.2) is 18.3 Å². The van der Waals surface area contributed by atoms with Gasteiger partial charge in [-0.05, 0) is 38.3 Å². The number of nitrogens with zero attached hydrogens (tertiary/aromatic N) is 1. The van der Waals surface area contributed by atoms with Gasteiger partial charge < -0.3 is 10.1 Å². The van der Waals surface area contributed by atoms with Crippen LogP contribution in [-0.2, 0) is 14.3 Å². The Morgan fingerprint density at radius 3 is 2.48 bits per heavy atom. The molecule has 2 bridgehead atoms. The molecule has 21 heavy (non-hydrogen) atoms. The van der Waals surface area contributed by atoms with Crippen LogP contribution in [0.25, 0.3) is 0 Å². The molecule has 1 saturated carbocycles. The van der Waals surface area contributed by atoms with Crippen LogP contribution < -0.4 is 5.32 Å². The Morgan fingerprint density at radius 2 is 2.00 bits per heavy atom. The number of amides is 1. The summed E-state index contributed by atoms with van der Waals surface area (Å²) in [5, 5.41) is 2.80. The van der Waals surface area contributed by atoms with Crippen LogP contribution in [0.4, 0.5) is 5.82 Å². The van der Waals surface area contributed by atoms with Gasteiger partial charge in [-0.15, -0.1) is 0 Å². The lowest BCUT2D eigenvalue weighted by molar-refractivity contribution is -0.165. The van der Waals surface area contributed by atoms with E-state index in [0.717, 1.165) is 5.56 Å². The third-order valence-electron chi connectivity index (χ3n) is 5.60. The predicted octanol–water partition coefficient (Wildman–Crippen LogP) is 2.45. The molecule has 5 nitrogen and oxygen atoms in total. The molecule has 0 aromatic carbocycles. The molecule has 0 spiro atoms. The van der Waals surface area contributed by atoms with Gasteiger partial charge in [-0.25, -0.2) is 4.98 Å². The molecule has 2 unspecified atom stereocenters. The second-order valence-electron chi connectivity index (χ2n) is 6.85. The monoisotopic (exact) mass is 288 g/mol. The molecule has 1 N–H and O–H groups in total. The topological polar surface area (TPSA) is 68.3 Å². The highest BCUT2D eigenvalue weighted by atomic mass is 16.6. The first kappa shape index (κ1) is 14.0. The molecule has 2 heterocycles. The molecule has 1 aromatic heterocycles. The van der Waals surface area contributed by atoms with Crippen LogP contribution in [0.3, 0.4) is 0 Å². The van der Waals surface area contributed by atoms with Crippen molar-refractivity contribution in [2.75, 3.05) is 5.32 Å². The first-order chi connectivity index (χ1) is 9.73. The van der Waals surface area contributed by atoms with E-state index >= 15 is 0 Å². The molecule has 0 radical (unpaired) electrons. The van der Waals surface area contributed by atoms with E-state index in [-0.39, 0.29) is 11.9 Å². The molecular formula is C16H20N2O3. The van der Waals surface area contributed by atoms with Crippen LogP contribution in [0.5, 0.6) is 0 Å². The number of aryl methyl sites for hydroxylation is 1. The molecule has 1 saturated heterocycles. The van der Waals surface area contributed by atoms with Gasteiger partial charge in [-0.3, -0.25) is 9.59 Å². The lowest BCUT2D eigenvalue weighted by Crippen LogP contribution is -2.50. The Kier molecular flexibility index (Phi) is 2.71. The number of carbonyl (C=O) groups is 2. The average molecular weight is 288 g/mol. The molecule has 2 fully saturated rings. The largest absolute Gasteiger partial charge is 0.448 e. The predicted molar refractivity (Wildman–Crippen MR) is 77.5 cm³/mol. The summed E-state index contributed by atoms with van der Waals surface area (Å²) in [6.45, 7) is 7.70. The van der Waals surface area contributed by atoms with Crippen LogP contribution in [0.2, 0.25) is 0 Å². The molecular weight excluding hydrogens is 268 g/mol. The normalized spacial score (nSPS) is 32.9. The van der Waals surface area contributed by atoms with Gasteiger partial charge in [0.1, 0.15) is 5.82 Å². The zero-order valence-electron chi connectivity index (χ0n) is 12.8. The van der Waals surface area contributed by atoms with E-state index < -0.39 is 16.4 Å². The second kappa shape index (κ2) is 4.06. The van der Waals surface area contributed by atoms with Gasteiger partial charge in [-0.1, -0.05) is 19.9 Å². The molecule has 2 aliphatic rings. The molecule has 1 aromatic rings. The Hall–Kier alpha value is -1.91. The van der Waals surface area contributed by atoms with Gasteiger partial charge >= 0.3 is 5.97 Å². The first-order valence-corrected chi connectivity index (χ1v) is 7.20. The number of esters is 1. The quantitative estimate of drug-likeness (QED) is 0.849. The highest BCUT2D eigenvalue weighted by Gasteiger charge is 2.75. The number of hydrogen-bond acceptors (Lipinski definition) is 4. The fraction of sp³-hybridized carbons (Fsp3) is 0.562. The van der Waals surface area contributed by atoms with E-state index in [0.29, 0.717) is 18.7 Å². The molecule has 3 rings (SSSR count). The first-order valence-electron chi connectivity index (χ1n) is 7.20. The standard InChI is InChI=1S/C16H20N2O3/c1-10-5-6-11(17-9-10)18-12(19)16-8-7-15(4,13(20)21-16)14(16,2)3/h5-6,9H,7-8H2,1-4H3,(H,17,18,19). The van der Waals surface area contributed by atoms with Crippen molar-refractivity contribution in [2.24, 2.45) is 10.8 Å². The van der Waals surface area contributed by atoms with Crippen molar-refractivity contribution in [3.05, 3.63) is 23.9 Å². The average Bonchev–Trinajstić information content (AvgIpc) is 2.72. The van der Waals surface area contributed by atoms with Gasteiger partial charge in [0, 0.05) is 11.6 Å². The summed E-state index contributed by atoms with van der Waals surface area (Å²) in [7, 11) is 0. The van der Waals surface area contributed by atoms with Crippen molar-refractivity contribution in [3.8, 4) is 0 Å². The van der Waals surface area contributed by atoms with Crippen molar-refractivity contribution >= 4 is 17.7 Å². The van der Waals surface area contributed by atoms with Gasteiger partial charge in [-0.2, -0.15) is 0 Å². The summed E-state index contributed by atoms with van der Waals surface area (Å²) in [5.41, 5.74) is -1.20. The maximum atomic E-state index is 12.8. The van der Waals surface area contributed by atoms with E-state index in [4.69, 9.17) is 4.74 Å². The van der Waals surface area contributed by atoms with Crippen LogP contribution in [0, 0.1) is 17.8 Å². The minimum atomic E-state index is -1.09. The molecule has 1 amide bonds. The third-order valence-corrected chi connectivity index (χ3v) is 5.60. The van der Waals surface area contributed by atoms with Crippen molar-refractivity contribution in [2.45, 2.75) is 46.1 Å². The van der Waals surface area contributed by atoms with Crippen LogP contribution in [0.1, 0.15) is 39.2 Å². The summed E-state index contributed by atoms with van der Waals surface area (Å²) in [4.78, 5) is 29.1. The van der Waals surface area contributed by atoms with Crippen molar-refractivity contribution < 1.29 is 14.3 Å². The van der Waals surface area contributed by atoms with Gasteiger partial charge in [0.05, 0.1) is 5.41 Å². The van der Waals surface area contributed by atoms with Gasteiger partial charge in [0.2, 0.25) is 0 Å². The minimum Gasteiger partial charge on any atom is -0.448 e. The summed E-state index contributed by atoms with van der Waals surface area (Å²) < 4.78 is 5.55. The van der Waals surface area contributed by atoms with Crippen LogP contribution >= 0.6 is 0 Å². The number of carbonyl (C=O) groups excluding carboxylic acids is 2. The lowest BCUT2D eigenvalue weighted by atomic mass is 9.66. The fourth-order valence-electron chi connectivity index (χ4n) is 3.51. The highest BCUT2D eigenvalue weighted by Crippen LogP contribution is 2.65. The molecule has 112 valence electrons. The number of fused-ring (bicyclic) bond motifs is 2. The number of aromatic nitrogens is 1. The van der Waals surface area contributed by atoms with E-state index in [9.17, 15) is 9.59 Å². The zero-order chi connectivity index (χ0) is 15.5. The fourth-order valence-corrected chi connectivity index (χ4v) is 3.51. The number of ether oxygens (including phenoxy) is 1. The molecule has 1 aliphatic heterocycles. The summed E-state index contributed by atoms with van der Waals surface area (Å²) in [6, 6.07) is 3.63. The number of hydrogen-bond donors (Lipinski definition) is 1. The summed E-state index contributed by atoms with van der Waals surface area (Å²) in [6.07, 6.45) is 2.92. The Morgan fingerprint density at radius 1 is 1.29 bits per heavy atom. The van der Waals surface area contributed by atoms with Crippen molar-refractivity contribution in [1.82, 2.24) is 4.98 Å². The number of anilines is 1. The Bertz CT molecular complexity index is 623. The van der Waals surface area contributed by atoms with E-state index in [2.05, 4.69) is 10.3 Å². The summed E-state index contributed by atoms with van der Waals surface area (Å²) >= 11 is 0. The lowest BCUT2D eigenvalue weighted by Gasteiger charge is -2.35. The molecule has 1 aliphatic carbocycles. The smallest absolute Gasteiger partial charge is 0.313 e. The van der Waals surface area contributed by atoms with Crippen molar-refractivity contribution in [1.29, 1.82) is 0 Å². The molecule has 5 heteroatoms. The van der Waals surface area contributed by atoms with Crippen LogP contribution in [-0.4, -0.2) is 22.5 Å². The van der Waals surface area contributed by atoms with E-state index in [1.54, 1.807) is 12.3 Å². The SMILES string of the molecule is Cc1ccc(NC(=O)C23CCC(C)(C(=O)O2)C3(C)C)nc1. The number of nitrogens with one attached hydrogen (secondary N) is 1. The van der Waals surface area contributed by atoms with E-state index in [1.165, 1.54) is 0 Å². The maximum Gasteiger partial charge on any atom is 0.313 e. The third kappa shape index (κ3) is 1.60. The Labute approximate surface area is 124 Å². The highest BCUT2D eigenvalue weighted by molar-refractivity contribution is 6.02. The van der Waals surface area contributed by atoms with E-state index in [1.807, 2.05) is 33.8 Å². The second-order valence-corrected chi connectivity index (χ2v) is 6.85.